The molecule has 0 radical (unpaired) electrons. The number of nitrogens with one attached hydrogen (secondary N) is 1. The standard InChI is InChI=1S/C12H14N2O6/c1-7(2)13-10(15)6-20-9-5-3-4-8(14(18)19)11(9)12(16)17/h3-5,7H,6H2,1-2H3,(H,13,15)(H,16,17). The molecule has 0 spiro atoms. The minimum Gasteiger partial charge on any atom is -0.483 e. The Kier molecular flexibility index (Phi) is 5.01. The first-order valence-electron chi connectivity index (χ1n) is 5.75. The van der Waals surface area contributed by atoms with Crippen LogP contribution >= 0.6 is 0 Å². The number of hydrogen-bond acceptors (Lipinski definition) is 5. The molecule has 0 aromatic heterocycles. The molecule has 0 fully saturated rings. The van der Waals surface area contributed by atoms with Crippen molar-refractivity contribution in [1.29, 1.82) is 0 Å². The molecule has 2 N–H and O–H groups in total. The molecule has 8 heteroatoms. The first kappa shape index (κ1) is 15.4. The number of carbonyl (C=O) groups is 2. The van der Waals surface area contributed by atoms with Gasteiger partial charge in [-0.15, -0.1) is 0 Å². The minimum atomic E-state index is -1.49. The van der Waals surface area contributed by atoms with E-state index in [4.69, 9.17) is 9.84 Å². The number of carboxylic acids is 1. The largest absolute Gasteiger partial charge is 0.483 e. The van der Waals surface area contributed by atoms with Gasteiger partial charge in [0, 0.05) is 12.1 Å². The van der Waals surface area contributed by atoms with Gasteiger partial charge >= 0.3 is 5.97 Å². The van der Waals surface area contributed by atoms with Crippen molar-refractivity contribution >= 4 is 17.6 Å². The van der Waals surface area contributed by atoms with Crippen molar-refractivity contribution in [3.8, 4) is 5.75 Å². The number of hydrogen-bond donors (Lipinski definition) is 2. The average molecular weight is 282 g/mol. The first-order valence-corrected chi connectivity index (χ1v) is 5.75. The molecule has 8 nitrogen and oxygen atoms in total. The lowest BCUT2D eigenvalue weighted by molar-refractivity contribution is -0.385. The molecule has 0 aliphatic rings. The van der Waals surface area contributed by atoms with E-state index in [1.807, 2.05) is 0 Å². The second-order valence-electron chi connectivity index (χ2n) is 4.22. The van der Waals surface area contributed by atoms with Crippen molar-refractivity contribution in [3.63, 3.8) is 0 Å². The molecular weight excluding hydrogens is 268 g/mol. The summed E-state index contributed by atoms with van der Waals surface area (Å²) in [5, 5.41) is 22.3. The Labute approximate surface area is 114 Å². The van der Waals surface area contributed by atoms with Gasteiger partial charge in [-0.05, 0) is 19.9 Å². The Morgan fingerprint density at radius 1 is 1.45 bits per heavy atom. The van der Waals surface area contributed by atoms with Gasteiger partial charge in [-0.2, -0.15) is 0 Å². The van der Waals surface area contributed by atoms with Gasteiger partial charge in [0.15, 0.2) is 12.2 Å². The third-order valence-electron chi connectivity index (χ3n) is 2.22. The smallest absolute Gasteiger partial charge is 0.346 e. The van der Waals surface area contributed by atoms with Crippen LogP contribution in [-0.4, -0.2) is 34.6 Å². The lowest BCUT2D eigenvalue weighted by Crippen LogP contribution is -2.34. The van der Waals surface area contributed by atoms with E-state index in [-0.39, 0.29) is 11.8 Å². The Hall–Kier alpha value is -2.64. The number of nitrogens with zero attached hydrogens (tertiary/aromatic N) is 1. The van der Waals surface area contributed by atoms with Gasteiger partial charge in [0.25, 0.3) is 11.6 Å². The number of carboxylic acid groups (broad SMARTS) is 1. The van der Waals surface area contributed by atoms with Crippen molar-refractivity contribution in [2.75, 3.05) is 6.61 Å². The predicted molar refractivity (Wildman–Crippen MR) is 68.8 cm³/mol. The van der Waals surface area contributed by atoms with Crippen molar-refractivity contribution in [1.82, 2.24) is 5.32 Å². The molecule has 20 heavy (non-hydrogen) atoms. The van der Waals surface area contributed by atoms with Crippen LogP contribution in [0.15, 0.2) is 18.2 Å². The fraction of sp³-hybridized carbons (Fsp3) is 0.333. The zero-order valence-corrected chi connectivity index (χ0v) is 11.0. The van der Waals surface area contributed by atoms with Crippen LogP contribution < -0.4 is 10.1 Å². The van der Waals surface area contributed by atoms with E-state index in [1.165, 1.54) is 12.1 Å². The molecule has 0 bridgehead atoms. The number of amides is 1. The van der Waals surface area contributed by atoms with Gasteiger partial charge in [0.1, 0.15) is 5.75 Å². The van der Waals surface area contributed by atoms with E-state index in [2.05, 4.69) is 5.32 Å². The molecule has 0 saturated heterocycles. The Bertz CT molecular complexity index is 541. The Balaban J connectivity index is 2.95. The third-order valence-corrected chi connectivity index (χ3v) is 2.22. The second kappa shape index (κ2) is 6.50. The fourth-order valence-corrected chi connectivity index (χ4v) is 1.51. The highest BCUT2D eigenvalue weighted by atomic mass is 16.6. The van der Waals surface area contributed by atoms with Crippen LogP contribution in [0, 0.1) is 10.1 Å². The molecular formula is C12H14N2O6. The van der Waals surface area contributed by atoms with Crippen LogP contribution in [0.2, 0.25) is 0 Å². The molecule has 0 unspecified atom stereocenters. The van der Waals surface area contributed by atoms with Crippen LogP contribution in [0.3, 0.4) is 0 Å². The summed E-state index contributed by atoms with van der Waals surface area (Å²) >= 11 is 0. The Morgan fingerprint density at radius 3 is 2.60 bits per heavy atom. The molecule has 1 aromatic rings. The number of aromatic carboxylic acids is 1. The molecule has 1 rings (SSSR count). The van der Waals surface area contributed by atoms with Crippen molar-refractivity contribution < 1.29 is 24.4 Å². The van der Waals surface area contributed by atoms with Crippen LogP contribution in [0.5, 0.6) is 5.75 Å². The number of nitro groups is 1. The fourth-order valence-electron chi connectivity index (χ4n) is 1.51. The lowest BCUT2D eigenvalue weighted by Gasteiger charge is -2.11. The van der Waals surface area contributed by atoms with Crippen LogP contribution in [0.4, 0.5) is 5.69 Å². The summed E-state index contributed by atoms with van der Waals surface area (Å²) in [6.07, 6.45) is 0. The van der Waals surface area contributed by atoms with E-state index in [0.717, 1.165) is 6.07 Å². The molecule has 1 aromatic carbocycles. The minimum absolute atomic E-state index is 0.0878. The third kappa shape index (κ3) is 3.94. The summed E-state index contributed by atoms with van der Waals surface area (Å²) in [5.74, 6) is -2.15. The normalized spacial score (nSPS) is 10.2. The highest BCUT2D eigenvalue weighted by molar-refractivity contribution is 5.95. The lowest BCUT2D eigenvalue weighted by atomic mass is 10.1. The number of carbonyl (C=O) groups excluding carboxylic acids is 1. The van der Waals surface area contributed by atoms with Crippen molar-refractivity contribution in [2.45, 2.75) is 19.9 Å². The van der Waals surface area contributed by atoms with Gasteiger partial charge in [-0.25, -0.2) is 4.79 Å². The van der Waals surface area contributed by atoms with Crippen LogP contribution in [0.25, 0.3) is 0 Å². The zero-order valence-electron chi connectivity index (χ0n) is 11.0. The summed E-state index contributed by atoms with van der Waals surface area (Å²) in [4.78, 5) is 32.4. The summed E-state index contributed by atoms with van der Waals surface area (Å²) in [6, 6.07) is 3.53. The monoisotopic (exact) mass is 282 g/mol. The van der Waals surface area contributed by atoms with Gasteiger partial charge in [-0.1, -0.05) is 6.07 Å². The van der Waals surface area contributed by atoms with E-state index in [1.54, 1.807) is 13.8 Å². The molecule has 1 amide bonds. The summed E-state index contributed by atoms with van der Waals surface area (Å²) < 4.78 is 5.05. The maximum atomic E-state index is 11.4. The highest BCUT2D eigenvalue weighted by Gasteiger charge is 2.25. The van der Waals surface area contributed by atoms with E-state index in [0.29, 0.717) is 0 Å². The Morgan fingerprint density at radius 2 is 2.10 bits per heavy atom. The highest BCUT2D eigenvalue weighted by Crippen LogP contribution is 2.28. The quantitative estimate of drug-likeness (QED) is 0.597. The topological polar surface area (TPSA) is 119 Å². The number of rotatable bonds is 6. The molecule has 0 saturated carbocycles. The number of benzene rings is 1. The van der Waals surface area contributed by atoms with Crippen molar-refractivity contribution in [3.05, 3.63) is 33.9 Å². The predicted octanol–water partition coefficient (Wildman–Crippen LogP) is 1.20. The molecule has 0 aliphatic carbocycles. The summed E-state index contributed by atoms with van der Waals surface area (Å²) in [7, 11) is 0. The summed E-state index contributed by atoms with van der Waals surface area (Å²) in [5.41, 5.74) is -1.16. The van der Waals surface area contributed by atoms with Crippen LogP contribution in [-0.2, 0) is 4.79 Å². The zero-order chi connectivity index (χ0) is 15.3. The second-order valence-corrected chi connectivity index (χ2v) is 4.22. The SMILES string of the molecule is CC(C)NC(=O)COc1cccc([N+](=O)[O-])c1C(=O)O. The maximum absolute atomic E-state index is 11.4. The number of nitro benzene ring substituents is 1. The molecule has 0 atom stereocenters. The van der Waals surface area contributed by atoms with Gasteiger partial charge < -0.3 is 15.2 Å². The van der Waals surface area contributed by atoms with E-state index in [9.17, 15) is 19.7 Å². The van der Waals surface area contributed by atoms with Crippen molar-refractivity contribution in [2.24, 2.45) is 0 Å². The van der Waals surface area contributed by atoms with E-state index >= 15 is 0 Å². The maximum Gasteiger partial charge on any atom is 0.346 e. The summed E-state index contributed by atoms with van der Waals surface area (Å²) in [6.45, 7) is 3.10. The molecule has 108 valence electrons. The van der Waals surface area contributed by atoms with Crippen LogP contribution in [0.1, 0.15) is 24.2 Å². The van der Waals surface area contributed by atoms with E-state index < -0.39 is 34.7 Å². The van der Waals surface area contributed by atoms with Gasteiger partial charge in [0.05, 0.1) is 4.92 Å². The van der Waals surface area contributed by atoms with Gasteiger partial charge in [-0.3, -0.25) is 14.9 Å². The van der Waals surface area contributed by atoms with Gasteiger partial charge in [0.2, 0.25) is 0 Å². The average Bonchev–Trinajstić information content (AvgIpc) is 2.34. The molecule has 0 heterocycles. The molecule has 0 aliphatic heterocycles. The first-order chi connectivity index (χ1) is 9.32. The number of ether oxygens (including phenoxy) is 1.